The summed E-state index contributed by atoms with van der Waals surface area (Å²) in [6.07, 6.45) is 2.91. The third kappa shape index (κ3) is 3.42. The first-order valence-corrected chi connectivity index (χ1v) is 12.9. The summed E-state index contributed by atoms with van der Waals surface area (Å²) in [5.74, 6) is 0.746. The summed E-state index contributed by atoms with van der Waals surface area (Å²) >= 11 is 8.57. The lowest BCUT2D eigenvalue weighted by Gasteiger charge is -2.40. The number of carbonyl (C=O) groups excluding carboxylic acids is 1. The zero-order chi connectivity index (χ0) is 25.1. The highest BCUT2D eigenvalue weighted by molar-refractivity contribution is 7.99. The molecule has 2 aliphatic heterocycles. The maximum Gasteiger partial charge on any atom is 0.350 e. The van der Waals surface area contributed by atoms with Crippen LogP contribution in [0.4, 0.5) is 10.2 Å². The van der Waals surface area contributed by atoms with Gasteiger partial charge in [0, 0.05) is 59.2 Å². The van der Waals surface area contributed by atoms with Crippen molar-refractivity contribution < 1.29 is 9.18 Å². The van der Waals surface area contributed by atoms with E-state index in [0.29, 0.717) is 53.7 Å². The predicted molar refractivity (Wildman–Crippen MR) is 140 cm³/mol. The average molecular weight is 525 g/mol. The summed E-state index contributed by atoms with van der Waals surface area (Å²) in [4.78, 5) is 34.5. The van der Waals surface area contributed by atoms with Crippen molar-refractivity contribution in [2.45, 2.75) is 24.4 Å². The number of nitrogens with one attached hydrogen (secondary N) is 1. The molecule has 4 aromatic rings. The summed E-state index contributed by atoms with van der Waals surface area (Å²) in [6.45, 7) is 7.65. The van der Waals surface area contributed by atoms with Gasteiger partial charge in [0.05, 0.1) is 16.7 Å². The molecular formula is C25H22ClFN6O2S. The second-order valence-electron chi connectivity index (χ2n) is 8.96. The molecule has 0 aliphatic carbocycles. The van der Waals surface area contributed by atoms with E-state index in [-0.39, 0.29) is 17.6 Å². The lowest BCUT2D eigenvalue weighted by Crippen LogP contribution is -2.54. The standard InChI is InChI=1S/C25H22ClFN6O2S/c1-3-19(34)31-6-7-32(13(2)12-31)24-15-10-17(26)20(14-4-5-18(27)21-16(14)11-28-30-21)23-22(15)33(8-9-36-23)25(35)29-24/h3-5,10-11,13H,1,6-9,12H2,2H3,(H,28,30). The van der Waals surface area contributed by atoms with Gasteiger partial charge in [0.1, 0.15) is 17.2 Å². The monoisotopic (exact) mass is 524 g/mol. The van der Waals surface area contributed by atoms with E-state index in [9.17, 15) is 14.0 Å². The highest BCUT2D eigenvalue weighted by Crippen LogP contribution is 2.47. The van der Waals surface area contributed by atoms with Gasteiger partial charge in [-0.1, -0.05) is 24.2 Å². The third-order valence-corrected chi connectivity index (χ3v) is 8.30. The first-order chi connectivity index (χ1) is 17.4. The Bertz CT molecular complexity index is 1630. The molecule has 1 atom stereocenters. The van der Waals surface area contributed by atoms with E-state index < -0.39 is 5.82 Å². The lowest BCUT2D eigenvalue weighted by atomic mass is 9.99. The van der Waals surface area contributed by atoms with Crippen molar-refractivity contribution in [3.8, 4) is 11.1 Å². The van der Waals surface area contributed by atoms with Crippen LogP contribution in [0, 0.1) is 5.82 Å². The second kappa shape index (κ2) is 8.63. The molecule has 1 fully saturated rings. The minimum atomic E-state index is -0.393. The van der Waals surface area contributed by atoms with Gasteiger partial charge in [-0.3, -0.25) is 14.5 Å². The summed E-state index contributed by atoms with van der Waals surface area (Å²) in [5.41, 5.74) is 2.26. The highest BCUT2D eigenvalue weighted by atomic mass is 35.5. The van der Waals surface area contributed by atoms with Crippen LogP contribution in [0.3, 0.4) is 0 Å². The molecule has 8 nitrogen and oxygen atoms in total. The number of halogens is 2. The van der Waals surface area contributed by atoms with E-state index in [2.05, 4.69) is 26.7 Å². The fourth-order valence-electron chi connectivity index (χ4n) is 5.24. The first-order valence-electron chi connectivity index (χ1n) is 11.6. The molecule has 1 saturated heterocycles. The zero-order valence-electron chi connectivity index (χ0n) is 19.4. The molecule has 1 unspecified atom stereocenters. The number of amides is 1. The fourth-order valence-corrected chi connectivity index (χ4v) is 6.80. The number of carbonyl (C=O) groups is 1. The van der Waals surface area contributed by atoms with Crippen molar-refractivity contribution in [3.05, 3.63) is 58.4 Å². The van der Waals surface area contributed by atoms with Crippen LogP contribution in [-0.4, -0.2) is 62.0 Å². The molecule has 2 aliphatic rings. The number of fused-ring (bicyclic) bond motifs is 1. The SMILES string of the molecule is C=CC(=O)N1CCN(c2nc(=O)n3c4c(c(-c5ccc(F)c6[nH]ncc56)c(Cl)cc24)SCC3)C(C)C1. The minimum absolute atomic E-state index is 0.0613. The Morgan fingerprint density at radius 2 is 2.14 bits per heavy atom. The number of aromatic nitrogens is 4. The quantitative estimate of drug-likeness (QED) is 0.407. The molecule has 1 N–H and O–H groups in total. The molecule has 0 bridgehead atoms. The Kier molecular flexibility index (Phi) is 5.53. The molecule has 6 rings (SSSR count). The Balaban J connectivity index is 1.57. The van der Waals surface area contributed by atoms with Gasteiger partial charge < -0.3 is 9.80 Å². The average Bonchev–Trinajstić information content (AvgIpc) is 3.38. The van der Waals surface area contributed by atoms with Crippen molar-refractivity contribution in [1.29, 1.82) is 0 Å². The molecule has 11 heteroatoms. The van der Waals surface area contributed by atoms with E-state index in [1.807, 2.05) is 13.0 Å². The summed E-state index contributed by atoms with van der Waals surface area (Å²) in [6, 6.07) is 4.89. The lowest BCUT2D eigenvalue weighted by molar-refractivity contribution is -0.126. The second-order valence-corrected chi connectivity index (χ2v) is 10.5. The Morgan fingerprint density at radius 3 is 2.92 bits per heavy atom. The normalized spacial score (nSPS) is 17.7. The molecule has 2 aromatic carbocycles. The number of thioether (sulfide) groups is 1. The van der Waals surface area contributed by atoms with Crippen molar-refractivity contribution in [2.24, 2.45) is 0 Å². The van der Waals surface area contributed by atoms with Gasteiger partial charge in [0.15, 0.2) is 0 Å². The van der Waals surface area contributed by atoms with Crippen LogP contribution >= 0.6 is 23.4 Å². The Labute approximate surface area is 214 Å². The van der Waals surface area contributed by atoms with Crippen LogP contribution in [0.1, 0.15) is 6.92 Å². The number of aromatic amines is 1. The van der Waals surface area contributed by atoms with Crippen LogP contribution in [0.25, 0.3) is 32.9 Å². The number of piperazine rings is 1. The van der Waals surface area contributed by atoms with Crippen molar-refractivity contribution in [3.63, 3.8) is 0 Å². The summed E-state index contributed by atoms with van der Waals surface area (Å²) in [5, 5.41) is 8.64. The van der Waals surface area contributed by atoms with E-state index in [4.69, 9.17) is 11.6 Å². The number of H-pyrrole nitrogens is 1. The molecule has 184 valence electrons. The van der Waals surface area contributed by atoms with Gasteiger partial charge in [-0.2, -0.15) is 10.1 Å². The van der Waals surface area contributed by atoms with E-state index in [1.54, 1.807) is 33.5 Å². The first kappa shape index (κ1) is 23.1. The van der Waals surface area contributed by atoms with Gasteiger partial charge in [-0.15, -0.1) is 11.8 Å². The van der Waals surface area contributed by atoms with Crippen LogP contribution in [0.2, 0.25) is 5.02 Å². The number of nitrogens with zero attached hydrogens (tertiary/aromatic N) is 5. The smallest absolute Gasteiger partial charge is 0.350 e. The van der Waals surface area contributed by atoms with Crippen LogP contribution in [0.5, 0.6) is 0 Å². The van der Waals surface area contributed by atoms with Crippen molar-refractivity contribution >= 4 is 56.9 Å². The van der Waals surface area contributed by atoms with Crippen molar-refractivity contribution in [2.75, 3.05) is 30.3 Å². The summed E-state index contributed by atoms with van der Waals surface area (Å²) < 4.78 is 16.1. The van der Waals surface area contributed by atoms with E-state index >= 15 is 0 Å². The van der Waals surface area contributed by atoms with Gasteiger partial charge >= 0.3 is 5.69 Å². The molecule has 2 aromatic heterocycles. The van der Waals surface area contributed by atoms with Gasteiger partial charge in [-0.05, 0) is 30.7 Å². The molecule has 0 radical (unpaired) electrons. The van der Waals surface area contributed by atoms with Gasteiger partial charge in [-0.25, -0.2) is 9.18 Å². The van der Waals surface area contributed by atoms with Crippen LogP contribution in [0.15, 0.2) is 46.7 Å². The largest absolute Gasteiger partial charge is 0.350 e. The Morgan fingerprint density at radius 1 is 1.31 bits per heavy atom. The number of rotatable bonds is 3. The molecule has 0 saturated carbocycles. The number of benzene rings is 2. The van der Waals surface area contributed by atoms with E-state index in [0.717, 1.165) is 26.9 Å². The topological polar surface area (TPSA) is 87.1 Å². The van der Waals surface area contributed by atoms with Gasteiger partial charge in [0.25, 0.3) is 0 Å². The molecule has 1 amide bonds. The number of hydrogen-bond acceptors (Lipinski definition) is 6. The fraction of sp³-hybridized carbons (Fsp3) is 0.280. The number of anilines is 1. The molecule has 4 heterocycles. The summed E-state index contributed by atoms with van der Waals surface area (Å²) in [7, 11) is 0. The third-order valence-electron chi connectivity index (χ3n) is 6.93. The minimum Gasteiger partial charge on any atom is -0.350 e. The number of hydrogen-bond donors (Lipinski definition) is 1. The molecule has 0 spiro atoms. The predicted octanol–water partition coefficient (Wildman–Crippen LogP) is 4.06. The highest BCUT2D eigenvalue weighted by Gasteiger charge is 2.31. The van der Waals surface area contributed by atoms with Gasteiger partial charge in [0.2, 0.25) is 5.91 Å². The molecular weight excluding hydrogens is 503 g/mol. The molecule has 36 heavy (non-hydrogen) atoms. The number of aryl methyl sites for hydroxylation is 1. The van der Waals surface area contributed by atoms with Crippen LogP contribution in [-0.2, 0) is 11.3 Å². The van der Waals surface area contributed by atoms with E-state index in [1.165, 1.54) is 12.1 Å². The van der Waals surface area contributed by atoms with Crippen molar-refractivity contribution in [1.82, 2.24) is 24.6 Å². The zero-order valence-corrected chi connectivity index (χ0v) is 21.0. The Hall–Kier alpha value is -3.37. The maximum atomic E-state index is 14.4. The van der Waals surface area contributed by atoms with Crippen LogP contribution < -0.4 is 10.6 Å². The maximum absolute atomic E-state index is 14.4.